The monoisotopic (exact) mass is 189 g/mol. The Morgan fingerprint density at radius 3 is 2.45 bits per heavy atom. The van der Waals surface area contributed by atoms with Crippen molar-refractivity contribution in [2.45, 2.75) is 0 Å². The van der Waals surface area contributed by atoms with E-state index < -0.39 is 0 Å². The van der Waals surface area contributed by atoms with Gasteiger partial charge in [-0.1, -0.05) is 23.2 Å². The molecule has 2 nitrogen and oxygen atoms in total. The molecule has 0 aliphatic carbocycles. The number of carbonyl (C=O) groups is 1. The number of halogens is 2. The predicted octanol–water partition coefficient (Wildman–Crippen LogP) is 2.39. The van der Waals surface area contributed by atoms with E-state index in [-0.39, 0.29) is 0 Å². The van der Waals surface area contributed by atoms with Gasteiger partial charge >= 0.3 is 0 Å². The van der Waals surface area contributed by atoms with Crippen molar-refractivity contribution < 1.29 is 4.79 Å². The number of nitrogen functional groups attached to an aromatic ring is 1. The summed E-state index contributed by atoms with van der Waals surface area (Å²) >= 11 is 11.2. The number of carbonyl (C=O) groups excluding carboxylic acids is 1. The highest BCUT2D eigenvalue weighted by atomic mass is 35.5. The lowest BCUT2D eigenvalue weighted by Gasteiger charge is -1.99. The molecule has 0 saturated heterocycles. The lowest BCUT2D eigenvalue weighted by atomic mass is 10.2. The molecule has 4 heteroatoms. The molecular weight excluding hydrogens is 185 g/mol. The van der Waals surface area contributed by atoms with Crippen LogP contribution in [0.5, 0.6) is 0 Å². The summed E-state index contributed by atoms with van der Waals surface area (Å²) in [5.74, 6) is 0. The third-order valence-electron chi connectivity index (χ3n) is 1.24. The van der Waals surface area contributed by atoms with Gasteiger partial charge in [-0.2, -0.15) is 0 Å². The van der Waals surface area contributed by atoms with E-state index in [2.05, 4.69) is 0 Å². The molecule has 0 unspecified atom stereocenters. The fourth-order valence-corrected chi connectivity index (χ4v) is 1.10. The number of anilines is 1. The normalized spacial score (nSPS) is 9.64. The molecule has 0 aromatic heterocycles. The Morgan fingerprint density at radius 2 is 1.91 bits per heavy atom. The Labute approximate surface area is 73.9 Å². The number of aldehydes is 1. The Balaban J connectivity index is 3.31. The van der Waals surface area contributed by atoms with Crippen LogP contribution in [0.1, 0.15) is 10.4 Å². The van der Waals surface area contributed by atoms with Crippen LogP contribution in [0.25, 0.3) is 0 Å². The average molecular weight is 190 g/mol. The summed E-state index contributed by atoms with van der Waals surface area (Å²) in [4.78, 5) is 10.3. The van der Waals surface area contributed by atoms with Crippen LogP contribution in [0, 0.1) is 0 Å². The van der Waals surface area contributed by atoms with Crippen molar-refractivity contribution in [1.82, 2.24) is 0 Å². The second-order valence-corrected chi connectivity index (χ2v) is 2.83. The van der Waals surface area contributed by atoms with Gasteiger partial charge in [0.1, 0.15) is 0 Å². The first-order valence-electron chi connectivity index (χ1n) is 2.85. The molecule has 0 aliphatic rings. The van der Waals surface area contributed by atoms with Crippen LogP contribution in [0.2, 0.25) is 10.0 Å². The molecule has 0 saturated carbocycles. The minimum absolute atomic E-state index is 0.319. The molecule has 0 atom stereocenters. The van der Waals surface area contributed by atoms with E-state index in [4.69, 9.17) is 28.9 Å². The maximum atomic E-state index is 10.3. The van der Waals surface area contributed by atoms with E-state index in [9.17, 15) is 4.79 Å². The van der Waals surface area contributed by atoms with Gasteiger partial charge in [-0.05, 0) is 12.1 Å². The third-order valence-corrected chi connectivity index (χ3v) is 1.90. The number of hydrogen-bond acceptors (Lipinski definition) is 2. The van der Waals surface area contributed by atoms with Crippen LogP contribution in [0.3, 0.4) is 0 Å². The van der Waals surface area contributed by atoms with Gasteiger partial charge in [0, 0.05) is 5.56 Å². The van der Waals surface area contributed by atoms with E-state index in [1.54, 1.807) is 0 Å². The minimum atomic E-state index is 0.319. The van der Waals surface area contributed by atoms with E-state index in [1.807, 2.05) is 0 Å². The summed E-state index contributed by atoms with van der Waals surface area (Å²) in [6.07, 6.45) is 0.634. The Hall–Kier alpha value is -0.730. The van der Waals surface area contributed by atoms with Gasteiger partial charge in [0.25, 0.3) is 0 Å². The largest absolute Gasteiger partial charge is 0.398 e. The number of hydrogen-bond donors (Lipinski definition) is 1. The second-order valence-electron chi connectivity index (χ2n) is 2.01. The van der Waals surface area contributed by atoms with Crippen LogP contribution >= 0.6 is 23.2 Å². The van der Waals surface area contributed by atoms with Gasteiger partial charge in [-0.25, -0.2) is 0 Å². The molecule has 0 heterocycles. The number of rotatable bonds is 1. The van der Waals surface area contributed by atoms with Gasteiger partial charge in [0.2, 0.25) is 0 Å². The standard InChI is InChI=1S/C7H5Cl2NO/c8-5-2-6(9)7(10)1-4(5)3-11/h1-3H,10H2. The quantitative estimate of drug-likeness (QED) is 0.545. The van der Waals surface area contributed by atoms with Gasteiger partial charge in [0.15, 0.2) is 6.29 Å². The molecule has 0 bridgehead atoms. The lowest BCUT2D eigenvalue weighted by molar-refractivity contribution is 0.112. The van der Waals surface area contributed by atoms with E-state index in [0.29, 0.717) is 27.6 Å². The lowest BCUT2D eigenvalue weighted by Crippen LogP contribution is -1.90. The van der Waals surface area contributed by atoms with E-state index >= 15 is 0 Å². The van der Waals surface area contributed by atoms with Gasteiger partial charge < -0.3 is 5.73 Å². The first-order chi connectivity index (χ1) is 5.15. The molecule has 0 radical (unpaired) electrons. The van der Waals surface area contributed by atoms with Crippen molar-refractivity contribution in [3.05, 3.63) is 27.7 Å². The smallest absolute Gasteiger partial charge is 0.151 e. The first-order valence-corrected chi connectivity index (χ1v) is 3.60. The molecule has 0 spiro atoms. The maximum absolute atomic E-state index is 10.3. The molecule has 1 aromatic rings. The molecule has 1 aromatic carbocycles. The Bertz CT molecular complexity index is 299. The zero-order valence-electron chi connectivity index (χ0n) is 5.47. The molecule has 0 amide bonds. The second kappa shape index (κ2) is 3.11. The van der Waals surface area contributed by atoms with Crippen molar-refractivity contribution in [2.24, 2.45) is 0 Å². The highest BCUT2D eigenvalue weighted by Crippen LogP contribution is 2.25. The molecule has 11 heavy (non-hydrogen) atoms. The Morgan fingerprint density at radius 1 is 1.27 bits per heavy atom. The zero-order chi connectivity index (χ0) is 8.43. The molecule has 58 valence electrons. The van der Waals surface area contributed by atoms with Crippen molar-refractivity contribution in [2.75, 3.05) is 5.73 Å². The Kier molecular flexibility index (Phi) is 2.37. The zero-order valence-corrected chi connectivity index (χ0v) is 6.99. The van der Waals surface area contributed by atoms with Gasteiger partial charge in [-0.3, -0.25) is 4.79 Å². The first kappa shape index (κ1) is 8.37. The maximum Gasteiger partial charge on any atom is 0.151 e. The van der Waals surface area contributed by atoms with Gasteiger partial charge in [0.05, 0.1) is 15.7 Å². The third kappa shape index (κ3) is 1.64. The summed E-state index contributed by atoms with van der Waals surface area (Å²) in [6, 6.07) is 2.89. The molecular formula is C7H5Cl2NO. The van der Waals surface area contributed by atoms with Crippen molar-refractivity contribution >= 4 is 35.2 Å². The minimum Gasteiger partial charge on any atom is -0.398 e. The summed E-state index contributed by atoms with van der Waals surface area (Å²) < 4.78 is 0. The predicted molar refractivity (Wildman–Crippen MR) is 46.3 cm³/mol. The van der Waals surface area contributed by atoms with Crippen molar-refractivity contribution in [1.29, 1.82) is 0 Å². The molecule has 2 N–H and O–H groups in total. The highest BCUT2D eigenvalue weighted by molar-refractivity contribution is 6.37. The van der Waals surface area contributed by atoms with Crippen LogP contribution < -0.4 is 5.73 Å². The SMILES string of the molecule is Nc1cc(C=O)c(Cl)cc1Cl. The average Bonchev–Trinajstić information content (AvgIpc) is 1.97. The number of benzene rings is 1. The molecule has 0 fully saturated rings. The molecule has 0 aliphatic heterocycles. The van der Waals surface area contributed by atoms with Crippen LogP contribution in [-0.2, 0) is 0 Å². The van der Waals surface area contributed by atoms with Crippen LogP contribution in [0.4, 0.5) is 5.69 Å². The topological polar surface area (TPSA) is 43.1 Å². The van der Waals surface area contributed by atoms with E-state index in [0.717, 1.165) is 0 Å². The summed E-state index contributed by atoms with van der Waals surface area (Å²) in [6.45, 7) is 0. The summed E-state index contributed by atoms with van der Waals surface area (Å²) in [5.41, 5.74) is 6.13. The summed E-state index contributed by atoms with van der Waals surface area (Å²) in [5, 5.41) is 0.680. The summed E-state index contributed by atoms with van der Waals surface area (Å²) in [7, 11) is 0. The highest BCUT2D eigenvalue weighted by Gasteiger charge is 2.02. The number of nitrogens with two attached hydrogens (primary N) is 1. The van der Waals surface area contributed by atoms with Gasteiger partial charge in [-0.15, -0.1) is 0 Å². The van der Waals surface area contributed by atoms with Crippen molar-refractivity contribution in [3.63, 3.8) is 0 Å². The van der Waals surface area contributed by atoms with Crippen LogP contribution in [-0.4, -0.2) is 6.29 Å². The fourth-order valence-electron chi connectivity index (χ4n) is 0.674. The van der Waals surface area contributed by atoms with Crippen molar-refractivity contribution in [3.8, 4) is 0 Å². The van der Waals surface area contributed by atoms with Crippen LogP contribution in [0.15, 0.2) is 12.1 Å². The molecule has 1 rings (SSSR count). The fraction of sp³-hybridized carbons (Fsp3) is 0. The van der Waals surface area contributed by atoms with E-state index in [1.165, 1.54) is 12.1 Å².